The molecule has 1 atom stereocenters. The van der Waals surface area contributed by atoms with Gasteiger partial charge >= 0.3 is 5.97 Å². The van der Waals surface area contributed by atoms with Crippen molar-refractivity contribution in [2.45, 2.75) is 18.9 Å². The Kier molecular flexibility index (Phi) is 1.84. The predicted octanol–water partition coefficient (Wildman–Crippen LogP) is -0.307. The van der Waals surface area contributed by atoms with E-state index in [0.717, 1.165) is 0 Å². The van der Waals surface area contributed by atoms with E-state index in [9.17, 15) is 14.1 Å². The van der Waals surface area contributed by atoms with Gasteiger partial charge < -0.3 is 5.32 Å². The second kappa shape index (κ2) is 2.64. The van der Waals surface area contributed by atoms with Gasteiger partial charge in [0.15, 0.2) is 0 Å². The van der Waals surface area contributed by atoms with Crippen LogP contribution in [0.4, 0.5) is 4.53 Å². The normalized spacial score (nSPS) is 24.1. The molecule has 10 heavy (non-hydrogen) atoms. The van der Waals surface area contributed by atoms with Crippen LogP contribution < -0.4 is 5.32 Å². The molecule has 0 aromatic heterocycles. The summed E-state index contributed by atoms with van der Waals surface area (Å²) in [6.45, 7) is 0. The topological polar surface area (TPSA) is 55.4 Å². The van der Waals surface area contributed by atoms with E-state index in [-0.39, 0.29) is 12.3 Å². The fourth-order valence-corrected chi connectivity index (χ4v) is 0.845. The van der Waals surface area contributed by atoms with Gasteiger partial charge in [-0.2, -0.15) is 0 Å². The number of rotatable bonds is 1. The van der Waals surface area contributed by atoms with E-state index in [1.165, 1.54) is 0 Å². The molecule has 56 valence electrons. The van der Waals surface area contributed by atoms with Gasteiger partial charge in [0.1, 0.15) is 6.04 Å². The number of halogens is 1. The molecule has 0 radical (unpaired) electrons. The van der Waals surface area contributed by atoms with E-state index in [4.69, 9.17) is 0 Å². The summed E-state index contributed by atoms with van der Waals surface area (Å²) >= 11 is 0. The Labute approximate surface area is 56.2 Å². The molecule has 0 aromatic carbocycles. The number of nitrogens with one attached hydrogen (secondary N) is 1. The second-order valence-electron chi connectivity index (χ2n) is 2.05. The van der Waals surface area contributed by atoms with Crippen LogP contribution in [0, 0.1) is 0 Å². The largest absolute Gasteiger partial charge is 0.370 e. The summed E-state index contributed by atoms with van der Waals surface area (Å²) in [5.41, 5.74) is 0. The molecule has 1 aliphatic rings. The minimum atomic E-state index is -1.02. The van der Waals surface area contributed by atoms with Crippen molar-refractivity contribution in [2.75, 3.05) is 0 Å². The van der Waals surface area contributed by atoms with Crippen LogP contribution in [0.1, 0.15) is 12.8 Å². The number of amides is 1. The molecule has 0 spiro atoms. The van der Waals surface area contributed by atoms with Crippen molar-refractivity contribution in [2.24, 2.45) is 0 Å². The van der Waals surface area contributed by atoms with Crippen LogP contribution in [0.15, 0.2) is 0 Å². The van der Waals surface area contributed by atoms with Crippen LogP contribution in [0.2, 0.25) is 0 Å². The molecular formula is C5H6FNO3. The van der Waals surface area contributed by atoms with Gasteiger partial charge in [-0.15, -0.1) is 0 Å². The molecule has 1 rings (SSSR count). The Balaban J connectivity index is 2.44. The SMILES string of the molecule is O=C1CCC(C(=O)OF)N1. The number of carbonyl (C=O) groups excluding carboxylic acids is 2. The lowest BCUT2D eigenvalue weighted by Crippen LogP contribution is -2.33. The van der Waals surface area contributed by atoms with Crippen LogP contribution in [-0.2, 0) is 14.5 Å². The van der Waals surface area contributed by atoms with E-state index >= 15 is 0 Å². The first-order valence-corrected chi connectivity index (χ1v) is 2.86. The van der Waals surface area contributed by atoms with Crippen LogP contribution in [0.3, 0.4) is 0 Å². The molecule has 1 fully saturated rings. The van der Waals surface area contributed by atoms with Crippen molar-refractivity contribution < 1.29 is 19.1 Å². The summed E-state index contributed by atoms with van der Waals surface area (Å²) in [7, 11) is 0. The van der Waals surface area contributed by atoms with Gasteiger partial charge in [0.05, 0.1) is 0 Å². The molecule has 4 nitrogen and oxygen atoms in total. The predicted molar refractivity (Wildman–Crippen MR) is 28.4 cm³/mol. The van der Waals surface area contributed by atoms with E-state index in [0.29, 0.717) is 6.42 Å². The molecule has 1 aliphatic heterocycles. The highest BCUT2D eigenvalue weighted by atomic mass is 19.3. The highest BCUT2D eigenvalue weighted by Gasteiger charge is 2.28. The van der Waals surface area contributed by atoms with Crippen LogP contribution in [0.25, 0.3) is 0 Å². The molecule has 1 saturated heterocycles. The summed E-state index contributed by atoms with van der Waals surface area (Å²) < 4.78 is 11.2. The van der Waals surface area contributed by atoms with Gasteiger partial charge in [-0.3, -0.25) is 9.74 Å². The van der Waals surface area contributed by atoms with E-state index in [2.05, 4.69) is 10.3 Å². The van der Waals surface area contributed by atoms with Crippen LogP contribution in [0.5, 0.6) is 0 Å². The zero-order valence-corrected chi connectivity index (χ0v) is 5.09. The highest BCUT2D eigenvalue weighted by Crippen LogP contribution is 2.07. The fraction of sp³-hybridized carbons (Fsp3) is 0.600. The average molecular weight is 147 g/mol. The molecule has 0 saturated carbocycles. The molecule has 1 N–H and O–H groups in total. The summed E-state index contributed by atoms with van der Waals surface area (Å²) in [6, 6.07) is -0.780. The molecule has 0 bridgehead atoms. The van der Waals surface area contributed by atoms with Crippen molar-refractivity contribution in [3.63, 3.8) is 0 Å². The fourth-order valence-electron chi connectivity index (χ4n) is 0.845. The van der Waals surface area contributed by atoms with Crippen molar-refractivity contribution in [3.05, 3.63) is 0 Å². The molecule has 5 heteroatoms. The molecular weight excluding hydrogens is 141 g/mol. The number of carbonyl (C=O) groups is 2. The smallest absolute Gasteiger partial charge is 0.343 e. The molecule has 1 heterocycles. The van der Waals surface area contributed by atoms with Gasteiger partial charge in [0, 0.05) is 10.9 Å². The minimum Gasteiger partial charge on any atom is -0.343 e. The minimum absolute atomic E-state index is 0.240. The summed E-state index contributed by atoms with van der Waals surface area (Å²) in [5, 5.41) is 2.25. The zero-order chi connectivity index (χ0) is 7.56. The first-order chi connectivity index (χ1) is 4.74. The van der Waals surface area contributed by atoms with Crippen molar-refractivity contribution >= 4 is 11.9 Å². The van der Waals surface area contributed by atoms with Crippen LogP contribution >= 0.6 is 0 Å². The summed E-state index contributed by atoms with van der Waals surface area (Å²) in [4.78, 5) is 23.7. The molecule has 1 unspecified atom stereocenters. The number of hydrogen-bond acceptors (Lipinski definition) is 3. The Bertz CT molecular complexity index is 170. The third kappa shape index (κ3) is 1.23. The van der Waals surface area contributed by atoms with Crippen molar-refractivity contribution in [1.29, 1.82) is 0 Å². The Morgan fingerprint density at radius 3 is 2.90 bits per heavy atom. The van der Waals surface area contributed by atoms with E-state index in [1.807, 2.05) is 0 Å². The summed E-state index contributed by atoms with van der Waals surface area (Å²) in [5.74, 6) is -1.26. The van der Waals surface area contributed by atoms with E-state index in [1.54, 1.807) is 0 Å². The maximum absolute atomic E-state index is 11.2. The van der Waals surface area contributed by atoms with Crippen LogP contribution in [-0.4, -0.2) is 17.9 Å². The Morgan fingerprint density at radius 2 is 2.50 bits per heavy atom. The monoisotopic (exact) mass is 147 g/mol. The van der Waals surface area contributed by atoms with Crippen molar-refractivity contribution in [3.8, 4) is 0 Å². The first-order valence-electron chi connectivity index (χ1n) is 2.86. The third-order valence-electron chi connectivity index (χ3n) is 1.36. The van der Waals surface area contributed by atoms with Gasteiger partial charge in [-0.05, 0) is 6.42 Å². The third-order valence-corrected chi connectivity index (χ3v) is 1.36. The summed E-state index contributed by atoms with van der Waals surface area (Å²) in [6.07, 6.45) is 0.585. The average Bonchev–Trinajstić information content (AvgIpc) is 2.34. The maximum Gasteiger partial charge on any atom is 0.370 e. The van der Waals surface area contributed by atoms with Gasteiger partial charge in [0.2, 0.25) is 5.91 Å². The van der Waals surface area contributed by atoms with Gasteiger partial charge in [-0.1, -0.05) is 0 Å². The lowest BCUT2D eigenvalue weighted by atomic mass is 10.2. The molecule has 0 aromatic rings. The Hall–Kier alpha value is -1.13. The highest BCUT2D eigenvalue weighted by molar-refractivity contribution is 5.87. The Morgan fingerprint density at radius 1 is 1.80 bits per heavy atom. The quantitative estimate of drug-likeness (QED) is 0.553. The van der Waals surface area contributed by atoms with Crippen molar-refractivity contribution in [1.82, 2.24) is 5.32 Å². The lowest BCUT2D eigenvalue weighted by molar-refractivity contribution is -0.186. The van der Waals surface area contributed by atoms with Gasteiger partial charge in [-0.25, -0.2) is 4.79 Å². The standard InChI is InChI=1S/C5H6FNO3/c6-10-5(9)3-1-2-4(8)7-3/h3H,1-2H2,(H,7,8). The lowest BCUT2D eigenvalue weighted by Gasteiger charge is -2.01. The molecule has 0 aliphatic carbocycles. The second-order valence-corrected chi connectivity index (χ2v) is 2.05. The first kappa shape index (κ1) is 6.98. The number of hydrogen-bond donors (Lipinski definition) is 1. The van der Waals surface area contributed by atoms with Gasteiger partial charge in [0.25, 0.3) is 0 Å². The molecule has 1 amide bonds. The zero-order valence-electron chi connectivity index (χ0n) is 5.09. The maximum atomic E-state index is 11.2. The van der Waals surface area contributed by atoms with E-state index < -0.39 is 12.0 Å².